The summed E-state index contributed by atoms with van der Waals surface area (Å²) in [5.74, 6) is 1.30. The zero-order valence-electron chi connectivity index (χ0n) is 16.1. The number of hydrogen-bond acceptors (Lipinski definition) is 5. The number of hydrogen-bond donors (Lipinski definition) is 2. The average Bonchev–Trinajstić information content (AvgIpc) is 3.19. The van der Waals surface area contributed by atoms with Crippen molar-refractivity contribution in [2.45, 2.75) is 6.92 Å². The molecule has 0 aliphatic heterocycles. The van der Waals surface area contributed by atoms with Gasteiger partial charge in [-0.3, -0.25) is 4.98 Å². The van der Waals surface area contributed by atoms with Gasteiger partial charge in [0, 0.05) is 40.4 Å². The predicted octanol–water partition coefficient (Wildman–Crippen LogP) is 5.79. The maximum Gasteiger partial charge on any atom is 0.227 e. The van der Waals surface area contributed by atoms with E-state index in [1.54, 1.807) is 18.6 Å². The molecule has 3 aromatic heterocycles. The lowest BCUT2D eigenvalue weighted by Gasteiger charge is -2.10. The van der Waals surface area contributed by atoms with E-state index in [0.29, 0.717) is 11.0 Å². The van der Waals surface area contributed by atoms with E-state index in [1.807, 2.05) is 61.5 Å². The van der Waals surface area contributed by atoms with Crippen LogP contribution in [0.4, 0.5) is 11.6 Å². The van der Waals surface area contributed by atoms with Crippen molar-refractivity contribution in [3.8, 4) is 22.6 Å². The van der Waals surface area contributed by atoms with Gasteiger partial charge in [-0.2, -0.15) is 0 Å². The number of benzene rings is 2. The van der Waals surface area contributed by atoms with Gasteiger partial charge >= 0.3 is 0 Å². The zero-order chi connectivity index (χ0) is 20.5. The molecule has 5 rings (SSSR count). The van der Waals surface area contributed by atoms with Gasteiger partial charge in [-0.15, -0.1) is 0 Å². The molecule has 0 saturated heterocycles. The van der Waals surface area contributed by atoms with Crippen LogP contribution in [0.1, 0.15) is 5.56 Å². The third-order valence-corrected chi connectivity index (χ3v) is 5.05. The Kier molecular flexibility index (Phi) is 4.61. The molecule has 0 saturated carbocycles. The van der Waals surface area contributed by atoms with Crippen molar-refractivity contribution in [2.75, 3.05) is 5.32 Å². The molecule has 2 aromatic carbocycles. The van der Waals surface area contributed by atoms with E-state index in [0.717, 1.165) is 44.9 Å². The molecule has 146 valence electrons. The Balaban J connectivity index is 1.48. The fourth-order valence-corrected chi connectivity index (χ4v) is 3.41. The van der Waals surface area contributed by atoms with Crippen LogP contribution in [-0.4, -0.2) is 24.9 Å². The van der Waals surface area contributed by atoms with Gasteiger partial charge in [0.25, 0.3) is 0 Å². The van der Waals surface area contributed by atoms with Gasteiger partial charge in [0.2, 0.25) is 5.95 Å². The molecule has 0 radical (unpaired) electrons. The minimum atomic E-state index is 0.521. The number of anilines is 2. The van der Waals surface area contributed by atoms with E-state index >= 15 is 0 Å². The van der Waals surface area contributed by atoms with E-state index < -0.39 is 0 Å². The number of imidazole rings is 1. The number of aryl methyl sites for hydroxylation is 1. The number of aromatic nitrogens is 5. The van der Waals surface area contributed by atoms with Crippen LogP contribution >= 0.6 is 11.6 Å². The number of aromatic amines is 1. The van der Waals surface area contributed by atoms with Crippen molar-refractivity contribution in [1.29, 1.82) is 0 Å². The second-order valence-corrected chi connectivity index (χ2v) is 7.35. The molecular formula is C23H17ClN6. The van der Waals surface area contributed by atoms with Crippen LogP contribution in [0.2, 0.25) is 5.02 Å². The van der Waals surface area contributed by atoms with Gasteiger partial charge in [0.1, 0.15) is 5.82 Å². The molecular weight excluding hydrogens is 396 g/mol. The average molecular weight is 413 g/mol. The van der Waals surface area contributed by atoms with E-state index in [1.165, 1.54) is 0 Å². The van der Waals surface area contributed by atoms with Crippen molar-refractivity contribution in [3.05, 3.63) is 83.8 Å². The maximum atomic E-state index is 6.09. The molecule has 5 aromatic rings. The third-order valence-electron chi connectivity index (χ3n) is 4.81. The summed E-state index contributed by atoms with van der Waals surface area (Å²) in [4.78, 5) is 21.2. The predicted molar refractivity (Wildman–Crippen MR) is 120 cm³/mol. The normalized spacial score (nSPS) is 11.0. The first kappa shape index (κ1) is 18.3. The van der Waals surface area contributed by atoms with Gasteiger partial charge in [0.05, 0.1) is 16.7 Å². The van der Waals surface area contributed by atoms with Crippen molar-refractivity contribution >= 4 is 34.3 Å². The summed E-state index contributed by atoms with van der Waals surface area (Å²) >= 11 is 6.09. The Morgan fingerprint density at radius 2 is 1.87 bits per heavy atom. The third kappa shape index (κ3) is 3.60. The monoisotopic (exact) mass is 412 g/mol. The topological polar surface area (TPSA) is 79.4 Å². The largest absolute Gasteiger partial charge is 0.338 e. The number of H-pyrrole nitrogens is 1. The second kappa shape index (κ2) is 7.57. The number of nitrogens with zero attached hydrogens (tertiary/aromatic N) is 4. The molecule has 0 aliphatic carbocycles. The van der Waals surface area contributed by atoms with Crippen molar-refractivity contribution < 1.29 is 0 Å². The van der Waals surface area contributed by atoms with Crippen LogP contribution in [-0.2, 0) is 0 Å². The molecule has 0 spiro atoms. The molecule has 2 N–H and O–H groups in total. The van der Waals surface area contributed by atoms with E-state index in [4.69, 9.17) is 11.6 Å². The molecule has 0 atom stereocenters. The Morgan fingerprint density at radius 1 is 0.933 bits per heavy atom. The van der Waals surface area contributed by atoms with Gasteiger partial charge < -0.3 is 10.3 Å². The Bertz CT molecular complexity index is 1350. The smallest absolute Gasteiger partial charge is 0.227 e. The van der Waals surface area contributed by atoms with E-state index in [2.05, 4.69) is 30.2 Å². The number of halogens is 1. The van der Waals surface area contributed by atoms with Gasteiger partial charge in [-0.1, -0.05) is 23.7 Å². The molecule has 0 amide bonds. The van der Waals surface area contributed by atoms with E-state index in [-0.39, 0.29) is 0 Å². The highest BCUT2D eigenvalue weighted by Crippen LogP contribution is 2.28. The van der Waals surface area contributed by atoms with Crippen molar-refractivity contribution in [3.63, 3.8) is 0 Å². The summed E-state index contributed by atoms with van der Waals surface area (Å²) in [6.07, 6.45) is 5.26. The molecule has 3 heterocycles. The first-order chi connectivity index (χ1) is 14.7. The lowest BCUT2D eigenvalue weighted by atomic mass is 10.1. The summed E-state index contributed by atoms with van der Waals surface area (Å²) in [6, 6.07) is 17.5. The lowest BCUT2D eigenvalue weighted by molar-refractivity contribution is 1.16. The molecule has 6 nitrogen and oxygen atoms in total. The van der Waals surface area contributed by atoms with Crippen LogP contribution < -0.4 is 5.32 Å². The maximum absolute atomic E-state index is 6.09. The SMILES string of the molecule is Cc1ccc(-c2nc3ccc(Cl)cc3[nH]2)cc1Nc1nccc(-c2cccnc2)n1. The Hall–Kier alpha value is -3.77. The first-order valence-electron chi connectivity index (χ1n) is 9.42. The summed E-state index contributed by atoms with van der Waals surface area (Å²) in [5, 5.41) is 4.01. The van der Waals surface area contributed by atoms with E-state index in [9.17, 15) is 0 Å². The number of fused-ring (bicyclic) bond motifs is 1. The fourth-order valence-electron chi connectivity index (χ4n) is 3.24. The standard InChI is InChI=1S/C23H17ClN6/c1-14-4-5-15(22-27-19-7-6-17(24)12-21(19)28-22)11-20(14)30-23-26-10-8-18(29-23)16-3-2-9-25-13-16/h2-13H,1H3,(H,27,28)(H,26,29,30). The Morgan fingerprint density at radius 3 is 2.73 bits per heavy atom. The van der Waals surface area contributed by atoms with Crippen LogP contribution in [0, 0.1) is 6.92 Å². The number of pyridine rings is 1. The first-order valence-corrected chi connectivity index (χ1v) is 9.80. The molecule has 0 unspecified atom stereocenters. The highest BCUT2D eigenvalue weighted by molar-refractivity contribution is 6.31. The van der Waals surface area contributed by atoms with Crippen molar-refractivity contribution in [2.24, 2.45) is 0 Å². The highest BCUT2D eigenvalue weighted by Gasteiger charge is 2.10. The number of rotatable bonds is 4. The second-order valence-electron chi connectivity index (χ2n) is 6.91. The van der Waals surface area contributed by atoms with Gasteiger partial charge in [-0.25, -0.2) is 15.0 Å². The summed E-state index contributed by atoms with van der Waals surface area (Å²) in [5.41, 5.74) is 6.47. The van der Waals surface area contributed by atoms with Gasteiger partial charge in [-0.05, 0) is 55.0 Å². The highest BCUT2D eigenvalue weighted by atomic mass is 35.5. The minimum Gasteiger partial charge on any atom is -0.338 e. The fraction of sp³-hybridized carbons (Fsp3) is 0.0435. The minimum absolute atomic E-state index is 0.521. The number of nitrogens with one attached hydrogen (secondary N) is 2. The van der Waals surface area contributed by atoms with Crippen LogP contribution in [0.5, 0.6) is 0 Å². The Labute approximate surface area is 178 Å². The zero-order valence-corrected chi connectivity index (χ0v) is 16.9. The lowest BCUT2D eigenvalue weighted by Crippen LogP contribution is -2.00. The summed E-state index contributed by atoms with van der Waals surface area (Å²) in [7, 11) is 0. The summed E-state index contributed by atoms with van der Waals surface area (Å²) in [6.45, 7) is 2.04. The van der Waals surface area contributed by atoms with Crippen LogP contribution in [0.25, 0.3) is 33.7 Å². The quantitative estimate of drug-likeness (QED) is 0.390. The van der Waals surface area contributed by atoms with Crippen LogP contribution in [0.3, 0.4) is 0 Å². The summed E-state index contributed by atoms with van der Waals surface area (Å²) < 4.78 is 0. The molecule has 7 heteroatoms. The molecule has 0 bridgehead atoms. The molecule has 0 fully saturated rings. The molecule has 0 aliphatic rings. The van der Waals surface area contributed by atoms with Gasteiger partial charge in [0.15, 0.2) is 0 Å². The van der Waals surface area contributed by atoms with Crippen LogP contribution in [0.15, 0.2) is 73.2 Å². The van der Waals surface area contributed by atoms with Crippen molar-refractivity contribution in [1.82, 2.24) is 24.9 Å². The molecule has 30 heavy (non-hydrogen) atoms.